The molecule has 0 unspecified atom stereocenters. The van der Waals surface area contributed by atoms with Crippen molar-refractivity contribution in [1.82, 2.24) is 5.43 Å². The van der Waals surface area contributed by atoms with Gasteiger partial charge in [0.15, 0.2) is 0 Å². The summed E-state index contributed by atoms with van der Waals surface area (Å²) in [7, 11) is 1.54. The molecule has 0 aromatic heterocycles. The van der Waals surface area contributed by atoms with E-state index in [1.165, 1.54) is 10.7 Å². The first kappa shape index (κ1) is 20.9. The number of nitrogens with one attached hydrogen (secondary N) is 1. The Bertz CT molecular complexity index is 1000. The summed E-state index contributed by atoms with van der Waals surface area (Å²) in [5, 5.41) is 4.03. The van der Waals surface area contributed by atoms with Crippen LogP contribution in [-0.2, 0) is 6.61 Å². The second-order valence-corrected chi connectivity index (χ2v) is 7.63. The van der Waals surface area contributed by atoms with E-state index in [1.807, 2.05) is 43.3 Å². The molecule has 1 N–H and O–H groups in total. The molecule has 148 valence electrons. The highest BCUT2D eigenvalue weighted by Gasteiger charge is 2.11. The lowest BCUT2D eigenvalue weighted by molar-refractivity contribution is 0.0952. The van der Waals surface area contributed by atoms with E-state index in [0.29, 0.717) is 17.9 Å². The van der Waals surface area contributed by atoms with E-state index in [2.05, 4.69) is 57.4 Å². The van der Waals surface area contributed by atoms with Crippen LogP contribution in [0.15, 0.2) is 71.8 Å². The number of benzene rings is 3. The molecule has 0 aliphatic carbocycles. The zero-order chi connectivity index (χ0) is 20.6. The first-order valence-electron chi connectivity index (χ1n) is 9.00. The molecule has 0 fully saturated rings. The van der Waals surface area contributed by atoms with Crippen molar-refractivity contribution in [1.29, 1.82) is 0 Å². The van der Waals surface area contributed by atoms with Crippen molar-refractivity contribution in [3.63, 3.8) is 0 Å². The second-order valence-electron chi connectivity index (χ2n) is 6.39. The SMILES string of the molecule is COc1cc(C)ccc1C(=O)N/N=C\c1ccc(OCc2ccc(I)cc2)cc1. The Labute approximate surface area is 183 Å². The number of rotatable bonds is 7. The fourth-order valence-corrected chi connectivity index (χ4v) is 2.97. The largest absolute Gasteiger partial charge is 0.496 e. The van der Waals surface area contributed by atoms with Gasteiger partial charge in [0.25, 0.3) is 5.91 Å². The lowest BCUT2D eigenvalue weighted by atomic mass is 10.1. The summed E-state index contributed by atoms with van der Waals surface area (Å²) < 4.78 is 12.2. The van der Waals surface area contributed by atoms with Crippen LogP contribution in [0.2, 0.25) is 0 Å². The van der Waals surface area contributed by atoms with E-state index < -0.39 is 0 Å². The number of nitrogens with zero attached hydrogens (tertiary/aromatic N) is 1. The van der Waals surface area contributed by atoms with Gasteiger partial charge in [0.2, 0.25) is 0 Å². The van der Waals surface area contributed by atoms with Crippen LogP contribution in [0, 0.1) is 10.5 Å². The summed E-state index contributed by atoms with van der Waals surface area (Å²) >= 11 is 2.28. The van der Waals surface area contributed by atoms with Crippen LogP contribution in [0.25, 0.3) is 0 Å². The van der Waals surface area contributed by atoms with Crippen molar-refractivity contribution in [3.05, 3.63) is 92.6 Å². The maximum Gasteiger partial charge on any atom is 0.275 e. The van der Waals surface area contributed by atoms with Crippen molar-refractivity contribution < 1.29 is 14.3 Å². The van der Waals surface area contributed by atoms with Gasteiger partial charge in [-0.3, -0.25) is 4.79 Å². The van der Waals surface area contributed by atoms with Crippen molar-refractivity contribution in [2.75, 3.05) is 7.11 Å². The van der Waals surface area contributed by atoms with Gasteiger partial charge < -0.3 is 9.47 Å². The quantitative estimate of drug-likeness (QED) is 0.284. The third kappa shape index (κ3) is 6.05. The number of ether oxygens (including phenoxy) is 2. The molecule has 5 nitrogen and oxygen atoms in total. The number of hydrogen-bond donors (Lipinski definition) is 1. The van der Waals surface area contributed by atoms with E-state index >= 15 is 0 Å². The van der Waals surface area contributed by atoms with Crippen LogP contribution in [0.1, 0.15) is 27.0 Å². The number of halogens is 1. The highest BCUT2D eigenvalue weighted by molar-refractivity contribution is 14.1. The Kier molecular flexibility index (Phi) is 7.24. The number of hydrazone groups is 1. The Morgan fingerprint density at radius 1 is 1.07 bits per heavy atom. The molecule has 0 radical (unpaired) electrons. The fraction of sp³-hybridized carbons (Fsp3) is 0.130. The van der Waals surface area contributed by atoms with Gasteiger partial charge in [0, 0.05) is 3.57 Å². The molecule has 3 aromatic rings. The number of methoxy groups -OCH3 is 1. The first-order chi connectivity index (χ1) is 14.0. The molecule has 0 aliphatic rings. The van der Waals surface area contributed by atoms with E-state index in [-0.39, 0.29) is 5.91 Å². The van der Waals surface area contributed by atoms with E-state index in [9.17, 15) is 4.79 Å². The molecule has 0 saturated heterocycles. The normalized spacial score (nSPS) is 10.7. The molecular weight excluding hydrogens is 479 g/mol. The third-order valence-electron chi connectivity index (χ3n) is 4.18. The van der Waals surface area contributed by atoms with Gasteiger partial charge in [0.1, 0.15) is 18.1 Å². The smallest absolute Gasteiger partial charge is 0.275 e. The van der Waals surface area contributed by atoms with Crippen molar-refractivity contribution in [2.45, 2.75) is 13.5 Å². The van der Waals surface area contributed by atoms with Crippen molar-refractivity contribution in [2.24, 2.45) is 5.10 Å². The molecule has 3 rings (SSSR count). The minimum absolute atomic E-state index is 0.324. The molecule has 0 atom stereocenters. The Morgan fingerprint density at radius 3 is 2.48 bits per heavy atom. The van der Waals surface area contributed by atoms with Gasteiger partial charge >= 0.3 is 0 Å². The number of carbonyl (C=O) groups is 1. The molecule has 3 aromatic carbocycles. The highest BCUT2D eigenvalue weighted by Crippen LogP contribution is 2.19. The molecule has 6 heteroatoms. The summed E-state index contributed by atoms with van der Waals surface area (Å²) in [6.07, 6.45) is 1.58. The lowest BCUT2D eigenvalue weighted by Crippen LogP contribution is -2.18. The Balaban J connectivity index is 1.54. The second kappa shape index (κ2) is 10.1. The van der Waals surface area contributed by atoms with E-state index in [1.54, 1.807) is 12.3 Å². The molecule has 29 heavy (non-hydrogen) atoms. The third-order valence-corrected chi connectivity index (χ3v) is 4.90. The number of carbonyl (C=O) groups excluding carboxylic acids is 1. The zero-order valence-electron chi connectivity index (χ0n) is 16.2. The molecule has 0 aliphatic heterocycles. The van der Waals surface area contributed by atoms with E-state index in [0.717, 1.165) is 22.4 Å². The summed E-state index contributed by atoms with van der Waals surface area (Å²) in [5.41, 5.74) is 5.95. The van der Waals surface area contributed by atoms with Gasteiger partial charge in [-0.25, -0.2) is 5.43 Å². The molecule has 1 amide bonds. The highest BCUT2D eigenvalue weighted by atomic mass is 127. The Hall–Kier alpha value is -2.87. The number of hydrogen-bond acceptors (Lipinski definition) is 4. The average Bonchev–Trinajstić information content (AvgIpc) is 2.74. The molecular formula is C23H21IN2O3. The van der Waals surface area contributed by atoms with Crippen molar-refractivity contribution >= 4 is 34.7 Å². The summed E-state index contributed by atoms with van der Waals surface area (Å²) in [5.74, 6) is 0.969. The molecule has 0 heterocycles. The van der Waals surface area contributed by atoms with Gasteiger partial charge in [-0.05, 0) is 94.7 Å². The summed E-state index contributed by atoms with van der Waals surface area (Å²) in [4.78, 5) is 12.3. The van der Waals surface area contributed by atoms with Crippen LogP contribution >= 0.6 is 22.6 Å². The molecule has 0 saturated carbocycles. The van der Waals surface area contributed by atoms with Gasteiger partial charge in [-0.2, -0.15) is 5.10 Å². The van der Waals surface area contributed by atoms with Crippen LogP contribution in [-0.4, -0.2) is 19.2 Å². The predicted molar refractivity (Wildman–Crippen MR) is 123 cm³/mol. The predicted octanol–water partition coefficient (Wildman–Crippen LogP) is 4.95. The summed E-state index contributed by atoms with van der Waals surface area (Å²) in [6, 6.07) is 21.1. The molecule has 0 bridgehead atoms. The molecule has 0 spiro atoms. The lowest BCUT2D eigenvalue weighted by Gasteiger charge is -2.08. The van der Waals surface area contributed by atoms with E-state index in [4.69, 9.17) is 9.47 Å². The maximum atomic E-state index is 12.3. The van der Waals surface area contributed by atoms with Gasteiger partial charge in [-0.15, -0.1) is 0 Å². The standard InChI is InChI=1S/C23H21IN2O3/c1-16-3-12-21(22(13-16)28-2)23(27)26-25-14-17-6-10-20(11-7-17)29-15-18-4-8-19(24)9-5-18/h3-14H,15H2,1-2H3,(H,26,27)/b25-14-. The average molecular weight is 500 g/mol. The minimum atomic E-state index is -0.324. The van der Waals surface area contributed by atoms with Gasteiger partial charge in [-0.1, -0.05) is 18.2 Å². The zero-order valence-corrected chi connectivity index (χ0v) is 18.3. The fourth-order valence-electron chi connectivity index (χ4n) is 2.61. The number of amides is 1. The summed E-state index contributed by atoms with van der Waals surface area (Å²) in [6.45, 7) is 2.45. The van der Waals surface area contributed by atoms with Crippen LogP contribution in [0.3, 0.4) is 0 Å². The minimum Gasteiger partial charge on any atom is -0.496 e. The first-order valence-corrected chi connectivity index (χ1v) is 10.1. The van der Waals surface area contributed by atoms with Gasteiger partial charge in [0.05, 0.1) is 18.9 Å². The number of aryl methyl sites for hydroxylation is 1. The van der Waals surface area contributed by atoms with Crippen molar-refractivity contribution in [3.8, 4) is 11.5 Å². The van der Waals surface area contributed by atoms with Crippen LogP contribution < -0.4 is 14.9 Å². The van der Waals surface area contributed by atoms with Crippen LogP contribution in [0.4, 0.5) is 0 Å². The topological polar surface area (TPSA) is 59.9 Å². The van der Waals surface area contributed by atoms with Crippen LogP contribution in [0.5, 0.6) is 11.5 Å². The maximum absolute atomic E-state index is 12.3. The Morgan fingerprint density at radius 2 is 1.79 bits per heavy atom. The monoisotopic (exact) mass is 500 g/mol.